The maximum absolute atomic E-state index is 11.6. The molecule has 7 heteroatoms. The summed E-state index contributed by atoms with van der Waals surface area (Å²) in [6.07, 6.45) is 0.928. The van der Waals surface area contributed by atoms with Crippen LogP contribution in [0.5, 0.6) is 0 Å². The molecule has 0 unspecified atom stereocenters. The summed E-state index contributed by atoms with van der Waals surface area (Å²) in [5.41, 5.74) is 6.32. The quantitative estimate of drug-likeness (QED) is 0.449. The molecule has 3 N–H and O–H groups in total. The van der Waals surface area contributed by atoms with Crippen molar-refractivity contribution in [3.63, 3.8) is 0 Å². The second-order valence-corrected chi connectivity index (χ2v) is 6.63. The van der Waals surface area contributed by atoms with Crippen molar-refractivity contribution in [2.75, 3.05) is 32.3 Å². The number of thioether (sulfide) groups is 1. The van der Waals surface area contributed by atoms with Crippen molar-refractivity contribution in [3.05, 3.63) is 18.2 Å². The van der Waals surface area contributed by atoms with E-state index in [4.69, 9.17) is 10.5 Å². The van der Waals surface area contributed by atoms with Crippen LogP contribution in [0.2, 0.25) is 0 Å². The number of methoxy groups -OCH3 is 1. The highest BCUT2D eigenvalue weighted by Gasteiger charge is 2.12. The zero-order valence-electron chi connectivity index (χ0n) is 10.5. The number of benzene rings is 1. The average Bonchev–Trinajstić information content (AvgIpc) is 2.36. The molecule has 102 valence electrons. The van der Waals surface area contributed by atoms with E-state index >= 15 is 0 Å². The van der Waals surface area contributed by atoms with E-state index < -0.39 is 10.0 Å². The molecule has 0 saturated heterocycles. The van der Waals surface area contributed by atoms with Gasteiger partial charge in [0, 0.05) is 30.1 Å². The van der Waals surface area contributed by atoms with E-state index in [9.17, 15) is 8.42 Å². The molecule has 1 aromatic carbocycles. The Balaban J connectivity index is 2.74. The minimum absolute atomic E-state index is 0.184. The maximum atomic E-state index is 11.6. The third kappa shape index (κ3) is 4.16. The van der Waals surface area contributed by atoms with Crippen LogP contribution in [0.4, 0.5) is 5.69 Å². The predicted octanol–water partition coefficient (Wildman–Crippen LogP) is 1.31. The first-order valence-corrected chi connectivity index (χ1v) is 7.93. The van der Waals surface area contributed by atoms with Crippen LogP contribution >= 0.6 is 11.8 Å². The molecule has 18 heavy (non-hydrogen) atoms. The summed E-state index contributed by atoms with van der Waals surface area (Å²) in [7, 11) is -0.389. The van der Waals surface area contributed by atoms with Gasteiger partial charge in [0.15, 0.2) is 0 Å². The largest absolute Gasteiger partial charge is 0.398 e. The highest BCUT2D eigenvalue weighted by molar-refractivity contribution is 7.99. The third-order valence-electron chi connectivity index (χ3n) is 2.31. The Kier molecular flexibility index (Phi) is 5.94. The Labute approximate surface area is 112 Å². The molecule has 5 nitrogen and oxygen atoms in total. The van der Waals surface area contributed by atoms with Gasteiger partial charge in [-0.15, -0.1) is 11.8 Å². The molecule has 0 aromatic heterocycles. The van der Waals surface area contributed by atoms with Crippen molar-refractivity contribution < 1.29 is 13.2 Å². The van der Waals surface area contributed by atoms with Crippen molar-refractivity contribution in [1.29, 1.82) is 0 Å². The number of nitrogens with two attached hydrogens (primary N) is 1. The first kappa shape index (κ1) is 15.3. The van der Waals surface area contributed by atoms with Gasteiger partial charge in [-0.25, -0.2) is 13.1 Å². The molecule has 0 aliphatic rings. The molecule has 0 aliphatic carbocycles. The van der Waals surface area contributed by atoms with Gasteiger partial charge in [-0.3, -0.25) is 0 Å². The minimum atomic E-state index is -3.43. The van der Waals surface area contributed by atoms with Crippen molar-refractivity contribution in [2.45, 2.75) is 16.2 Å². The van der Waals surface area contributed by atoms with Crippen molar-refractivity contribution in [1.82, 2.24) is 4.72 Å². The standard InChI is InChI=1S/C11H18N2O3S2/c1-13-18(14,15)9-4-5-11(10(12)8-9)17-7-3-6-16-2/h4-5,8,13H,3,6-7,12H2,1-2H3. The summed E-state index contributed by atoms with van der Waals surface area (Å²) in [5, 5.41) is 0. The van der Waals surface area contributed by atoms with Gasteiger partial charge in [-0.2, -0.15) is 0 Å². The fraction of sp³-hybridized carbons (Fsp3) is 0.455. The van der Waals surface area contributed by atoms with Crippen molar-refractivity contribution in [2.24, 2.45) is 0 Å². The second-order valence-electron chi connectivity index (χ2n) is 3.60. The van der Waals surface area contributed by atoms with Crippen molar-refractivity contribution in [3.8, 4) is 0 Å². The highest BCUT2D eigenvalue weighted by Crippen LogP contribution is 2.27. The van der Waals surface area contributed by atoms with E-state index in [0.29, 0.717) is 12.3 Å². The van der Waals surface area contributed by atoms with Crippen LogP contribution in [0, 0.1) is 0 Å². The van der Waals surface area contributed by atoms with E-state index in [1.165, 1.54) is 13.1 Å². The Bertz CT molecular complexity index is 489. The Hall–Kier alpha value is -0.760. The number of hydrogen-bond donors (Lipinski definition) is 2. The summed E-state index contributed by atoms with van der Waals surface area (Å²) < 4.78 is 30.4. The summed E-state index contributed by atoms with van der Waals surface area (Å²) in [6, 6.07) is 4.77. The van der Waals surface area contributed by atoms with E-state index in [-0.39, 0.29) is 4.90 Å². The van der Waals surface area contributed by atoms with Gasteiger partial charge in [0.05, 0.1) is 4.90 Å². The number of ether oxygens (including phenoxy) is 1. The van der Waals surface area contributed by atoms with Gasteiger partial charge in [-0.05, 0) is 31.7 Å². The van der Waals surface area contributed by atoms with Gasteiger partial charge in [0.2, 0.25) is 10.0 Å². The molecule has 0 fully saturated rings. The number of anilines is 1. The fourth-order valence-corrected chi connectivity index (χ4v) is 2.97. The predicted molar refractivity (Wildman–Crippen MR) is 74.3 cm³/mol. The SMILES string of the molecule is CNS(=O)(=O)c1ccc(SCCCOC)c(N)c1. The first-order valence-electron chi connectivity index (χ1n) is 5.46. The van der Waals surface area contributed by atoms with Crippen LogP contribution in [0.15, 0.2) is 28.0 Å². The lowest BCUT2D eigenvalue weighted by Gasteiger charge is -2.08. The molecule has 0 aliphatic heterocycles. The fourth-order valence-electron chi connectivity index (χ4n) is 1.33. The normalized spacial score (nSPS) is 11.7. The Morgan fingerprint density at radius 2 is 2.17 bits per heavy atom. The lowest BCUT2D eigenvalue weighted by molar-refractivity contribution is 0.200. The Morgan fingerprint density at radius 1 is 1.44 bits per heavy atom. The zero-order valence-corrected chi connectivity index (χ0v) is 12.1. The van der Waals surface area contributed by atoms with E-state index in [1.54, 1.807) is 31.0 Å². The van der Waals surface area contributed by atoms with Gasteiger partial charge in [0.25, 0.3) is 0 Å². The number of sulfonamides is 1. The molecule has 0 bridgehead atoms. The molecule has 1 aromatic rings. The molecule has 0 saturated carbocycles. The van der Waals surface area contributed by atoms with Crippen LogP contribution in [0.25, 0.3) is 0 Å². The molecule has 0 amide bonds. The number of nitrogens with one attached hydrogen (secondary N) is 1. The zero-order chi connectivity index (χ0) is 13.6. The molecule has 0 spiro atoms. The molecule has 1 rings (SSSR count). The van der Waals surface area contributed by atoms with E-state index in [1.807, 2.05) is 0 Å². The second kappa shape index (κ2) is 6.98. The van der Waals surface area contributed by atoms with Gasteiger partial charge in [-0.1, -0.05) is 0 Å². The summed E-state index contributed by atoms with van der Waals surface area (Å²) in [6.45, 7) is 0.707. The summed E-state index contributed by atoms with van der Waals surface area (Å²) in [4.78, 5) is 1.07. The minimum Gasteiger partial charge on any atom is -0.398 e. The van der Waals surface area contributed by atoms with E-state index in [0.717, 1.165) is 17.1 Å². The van der Waals surface area contributed by atoms with Crippen LogP contribution in [-0.4, -0.2) is 34.9 Å². The topological polar surface area (TPSA) is 81.4 Å². The smallest absolute Gasteiger partial charge is 0.240 e. The van der Waals surface area contributed by atoms with Crippen LogP contribution in [0.3, 0.4) is 0 Å². The highest BCUT2D eigenvalue weighted by atomic mass is 32.2. The van der Waals surface area contributed by atoms with Gasteiger partial charge >= 0.3 is 0 Å². The van der Waals surface area contributed by atoms with E-state index in [2.05, 4.69) is 4.72 Å². The number of rotatable bonds is 7. The van der Waals surface area contributed by atoms with Crippen molar-refractivity contribution >= 4 is 27.5 Å². The number of hydrogen-bond acceptors (Lipinski definition) is 5. The molecular formula is C11H18N2O3S2. The van der Waals surface area contributed by atoms with Crippen LogP contribution in [-0.2, 0) is 14.8 Å². The van der Waals surface area contributed by atoms with Crippen LogP contribution < -0.4 is 10.5 Å². The van der Waals surface area contributed by atoms with Crippen LogP contribution in [0.1, 0.15) is 6.42 Å². The maximum Gasteiger partial charge on any atom is 0.240 e. The Morgan fingerprint density at radius 3 is 2.72 bits per heavy atom. The van der Waals surface area contributed by atoms with Gasteiger partial charge < -0.3 is 10.5 Å². The lowest BCUT2D eigenvalue weighted by Crippen LogP contribution is -2.18. The number of nitrogen functional groups attached to an aromatic ring is 1. The molecule has 0 atom stereocenters. The molecule has 0 radical (unpaired) electrons. The monoisotopic (exact) mass is 290 g/mol. The molecular weight excluding hydrogens is 272 g/mol. The summed E-state index contributed by atoms with van der Waals surface area (Å²) in [5.74, 6) is 0.885. The summed E-state index contributed by atoms with van der Waals surface area (Å²) >= 11 is 1.59. The third-order valence-corrected chi connectivity index (χ3v) is 4.90. The average molecular weight is 290 g/mol. The first-order chi connectivity index (χ1) is 8.51. The lowest BCUT2D eigenvalue weighted by atomic mass is 10.3. The van der Waals surface area contributed by atoms with Gasteiger partial charge in [0.1, 0.15) is 0 Å². The molecule has 0 heterocycles.